The Hall–Kier alpha value is -0.490. The monoisotopic (exact) mass is 432 g/mol. The second-order valence-electron chi connectivity index (χ2n) is 13.2. The lowest BCUT2D eigenvalue weighted by molar-refractivity contribution is -0.172. The molecule has 5 fully saturated rings. The van der Waals surface area contributed by atoms with Crippen molar-refractivity contribution in [1.29, 1.82) is 0 Å². The number of hydrogen-bond acceptors (Lipinski definition) is 5. The summed E-state index contributed by atoms with van der Waals surface area (Å²) in [5.74, 6) is 1.25. The predicted molar refractivity (Wildman–Crippen MR) is 121 cm³/mol. The van der Waals surface area contributed by atoms with Gasteiger partial charge < -0.3 is 20.8 Å². The maximum absolute atomic E-state index is 14.2. The largest absolute Gasteiger partial charge is 0.396 e. The Bertz CT molecular complexity index is 802. The first-order valence-electron chi connectivity index (χ1n) is 12.6. The first-order chi connectivity index (χ1) is 14.4. The number of Topliss-reactive ketones (excluding diaryl/α,β-unsaturated/α-hetero) is 1. The number of aliphatic hydroxyl groups excluding tert-OH is 2. The maximum atomic E-state index is 14.2. The van der Waals surface area contributed by atoms with Gasteiger partial charge in [-0.15, -0.1) is 0 Å². The Morgan fingerprint density at radius 3 is 2.39 bits per heavy atom. The smallest absolute Gasteiger partial charge is 0.140 e. The fraction of sp³-hybridized carbons (Fsp3) is 0.962. The molecule has 0 bridgehead atoms. The van der Waals surface area contributed by atoms with E-state index in [0.29, 0.717) is 24.0 Å². The zero-order valence-electron chi connectivity index (χ0n) is 20.4. The maximum Gasteiger partial charge on any atom is 0.140 e. The molecule has 0 aromatic carbocycles. The van der Waals surface area contributed by atoms with Gasteiger partial charge in [-0.3, -0.25) is 4.79 Å². The number of hydrogen-bond donors (Lipinski definition) is 3. The van der Waals surface area contributed by atoms with Crippen molar-refractivity contribution in [2.24, 2.45) is 50.6 Å². The number of carbonyl (C=O) groups excluding carboxylic acids is 1. The van der Waals surface area contributed by atoms with Gasteiger partial charge in [-0.1, -0.05) is 20.8 Å². The predicted octanol–water partition coefficient (Wildman–Crippen LogP) is 2.83. The fourth-order valence-corrected chi connectivity index (χ4v) is 10.4. The van der Waals surface area contributed by atoms with Gasteiger partial charge >= 0.3 is 0 Å². The summed E-state index contributed by atoms with van der Waals surface area (Å²) >= 11 is 0. The Morgan fingerprint density at radius 1 is 1.13 bits per heavy atom. The van der Waals surface area contributed by atoms with E-state index in [1.807, 2.05) is 0 Å². The summed E-state index contributed by atoms with van der Waals surface area (Å²) in [6, 6.07) is 0.249. The molecule has 0 amide bonds. The molecule has 5 nitrogen and oxygen atoms in total. The van der Waals surface area contributed by atoms with Crippen molar-refractivity contribution < 1.29 is 15.0 Å². The van der Waals surface area contributed by atoms with Gasteiger partial charge in [0.25, 0.3) is 0 Å². The normalized spacial score (nSPS) is 58.9. The number of aliphatic hydroxyl groups is 2. The molecule has 176 valence electrons. The van der Waals surface area contributed by atoms with E-state index in [0.717, 1.165) is 38.5 Å². The molecule has 5 aliphatic rings. The second-order valence-corrected chi connectivity index (χ2v) is 13.2. The van der Waals surface area contributed by atoms with Gasteiger partial charge in [0.2, 0.25) is 0 Å². The number of fused-ring (bicyclic) bond motifs is 2. The van der Waals surface area contributed by atoms with Crippen molar-refractivity contribution in [3.05, 3.63) is 0 Å². The van der Waals surface area contributed by atoms with Crippen molar-refractivity contribution in [2.45, 2.75) is 90.8 Å². The van der Waals surface area contributed by atoms with Crippen molar-refractivity contribution >= 4 is 5.78 Å². The molecule has 0 aromatic rings. The van der Waals surface area contributed by atoms with Crippen LogP contribution >= 0.6 is 0 Å². The summed E-state index contributed by atoms with van der Waals surface area (Å²) in [6.45, 7) is 9.22. The highest BCUT2D eigenvalue weighted by molar-refractivity contribution is 5.92. The van der Waals surface area contributed by atoms with E-state index < -0.39 is 0 Å². The van der Waals surface area contributed by atoms with Gasteiger partial charge in [0, 0.05) is 35.3 Å². The van der Waals surface area contributed by atoms with E-state index in [-0.39, 0.29) is 57.8 Å². The zero-order valence-corrected chi connectivity index (χ0v) is 20.4. The molecule has 0 saturated heterocycles. The molecule has 2 spiro atoms. The van der Waals surface area contributed by atoms with Crippen LogP contribution < -0.4 is 5.73 Å². The molecule has 5 aliphatic carbocycles. The van der Waals surface area contributed by atoms with E-state index in [1.54, 1.807) is 0 Å². The molecule has 31 heavy (non-hydrogen) atoms. The summed E-state index contributed by atoms with van der Waals surface area (Å²) in [5.41, 5.74) is 5.86. The van der Waals surface area contributed by atoms with Crippen LogP contribution in [0.15, 0.2) is 0 Å². The first kappa shape index (κ1) is 22.3. The average Bonchev–Trinajstić information content (AvgIpc) is 3.34. The molecule has 11 atom stereocenters. The molecular weight excluding hydrogens is 388 g/mol. The third kappa shape index (κ3) is 2.26. The Balaban J connectivity index is 1.58. The highest BCUT2D eigenvalue weighted by Gasteiger charge is 2.86. The molecule has 5 heteroatoms. The van der Waals surface area contributed by atoms with Crippen LogP contribution in [0.2, 0.25) is 0 Å². The third-order valence-electron chi connectivity index (χ3n) is 12.5. The SMILES string of the molecule is C[C@@H]([C@H]1[C@H](O)C[C@@]2(C)[C@@H]3CC[C@@H]4C5(CC[C@H](N)[C@@]4(C)CO)C[C@@]35C(=O)C[C@]12C)N(C)C. The summed E-state index contributed by atoms with van der Waals surface area (Å²) in [4.78, 5) is 16.4. The van der Waals surface area contributed by atoms with E-state index in [2.05, 4.69) is 46.7 Å². The molecule has 5 rings (SSSR count). The van der Waals surface area contributed by atoms with E-state index in [9.17, 15) is 15.0 Å². The summed E-state index contributed by atoms with van der Waals surface area (Å²) in [5, 5.41) is 21.7. The van der Waals surface area contributed by atoms with Crippen LogP contribution in [0.25, 0.3) is 0 Å². The summed E-state index contributed by atoms with van der Waals surface area (Å²) in [7, 11) is 4.18. The van der Waals surface area contributed by atoms with Gasteiger partial charge in [0.15, 0.2) is 0 Å². The van der Waals surface area contributed by atoms with E-state index in [4.69, 9.17) is 5.73 Å². The van der Waals surface area contributed by atoms with Crippen molar-refractivity contribution in [1.82, 2.24) is 4.90 Å². The molecule has 0 aromatic heterocycles. The molecule has 0 radical (unpaired) electrons. The summed E-state index contributed by atoms with van der Waals surface area (Å²) < 4.78 is 0. The number of nitrogens with two attached hydrogens (primary N) is 1. The van der Waals surface area contributed by atoms with Crippen LogP contribution in [-0.4, -0.2) is 59.8 Å². The van der Waals surface area contributed by atoms with Crippen LogP contribution in [0.5, 0.6) is 0 Å². The number of nitrogens with zero attached hydrogens (tertiary/aromatic N) is 1. The van der Waals surface area contributed by atoms with E-state index >= 15 is 0 Å². The average molecular weight is 433 g/mol. The van der Waals surface area contributed by atoms with Crippen LogP contribution in [0.3, 0.4) is 0 Å². The minimum atomic E-state index is -0.356. The van der Waals surface area contributed by atoms with E-state index in [1.165, 1.54) is 0 Å². The van der Waals surface area contributed by atoms with Crippen molar-refractivity contribution in [3.8, 4) is 0 Å². The lowest BCUT2D eigenvalue weighted by Crippen LogP contribution is -2.63. The summed E-state index contributed by atoms with van der Waals surface area (Å²) in [6.07, 6.45) is 6.06. The Kier molecular flexibility index (Phi) is 4.56. The Labute approximate surface area is 188 Å². The van der Waals surface area contributed by atoms with Crippen LogP contribution in [0.1, 0.15) is 72.6 Å². The highest BCUT2D eigenvalue weighted by atomic mass is 16.3. The molecule has 1 unspecified atom stereocenters. The zero-order chi connectivity index (χ0) is 22.8. The quantitative estimate of drug-likeness (QED) is 0.638. The second kappa shape index (κ2) is 6.34. The van der Waals surface area contributed by atoms with Crippen LogP contribution in [-0.2, 0) is 4.79 Å². The molecule has 4 N–H and O–H groups in total. The molecule has 5 saturated carbocycles. The van der Waals surface area contributed by atoms with Gasteiger partial charge in [0.1, 0.15) is 5.78 Å². The van der Waals surface area contributed by atoms with Crippen molar-refractivity contribution in [3.63, 3.8) is 0 Å². The van der Waals surface area contributed by atoms with Gasteiger partial charge in [-0.2, -0.15) is 0 Å². The third-order valence-corrected chi connectivity index (χ3v) is 12.5. The minimum absolute atomic E-state index is 0.0143. The number of ketones is 1. The lowest BCUT2D eigenvalue weighted by atomic mass is 9.41. The topological polar surface area (TPSA) is 86.8 Å². The van der Waals surface area contributed by atoms with Crippen LogP contribution in [0, 0.1) is 44.8 Å². The number of carbonyl (C=O) groups is 1. The highest BCUT2D eigenvalue weighted by Crippen LogP contribution is 2.87. The van der Waals surface area contributed by atoms with Gasteiger partial charge in [0.05, 0.1) is 12.7 Å². The van der Waals surface area contributed by atoms with Crippen molar-refractivity contribution in [2.75, 3.05) is 20.7 Å². The molecular formula is C26H44N2O3. The molecule has 0 heterocycles. The minimum Gasteiger partial charge on any atom is -0.396 e. The van der Waals surface area contributed by atoms with Gasteiger partial charge in [-0.05, 0) is 87.6 Å². The molecule has 0 aliphatic heterocycles. The standard InChI is InChI=1S/C26H44N2O3/c1-15(28(5)6)21-16(30)11-23(3)18-8-7-17-22(2,14-29)19(27)9-10-25(17)13-26(18,25)20(31)12-24(21,23)4/h15-19,21,29-30H,7-14,27H2,1-6H3/t15-,16+,17-,18-,19-,21-,22-,23-,24+,25?,26-/m0/s1. The van der Waals surface area contributed by atoms with Gasteiger partial charge in [-0.25, -0.2) is 0 Å². The van der Waals surface area contributed by atoms with Crippen LogP contribution in [0.4, 0.5) is 0 Å². The lowest BCUT2D eigenvalue weighted by Gasteiger charge is -2.62. The fourth-order valence-electron chi connectivity index (χ4n) is 10.4. The first-order valence-corrected chi connectivity index (χ1v) is 12.6. The number of rotatable bonds is 3. The Morgan fingerprint density at radius 2 is 1.77 bits per heavy atom.